The Morgan fingerprint density at radius 1 is 1.41 bits per heavy atom. The van der Waals surface area contributed by atoms with Crippen LogP contribution in [0.3, 0.4) is 0 Å². The van der Waals surface area contributed by atoms with E-state index in [9.17, 15) is 4.79 Å². The van der Waals surface area contributed by atoms with Crippen molar-refractivity contribution in [1.82, 2.24) is 10.1 Å². The number of anilines is 1. The van der Waals surface area contributed by atoms with E-state index >= 15 is 0 Å². The second-order valence-corrected chi connectivity index (χ2v) is 6.80. The van der Waals surface area contributed by atoms with Crippen LogP contribution in [0.2, 0.25) is 0 Å². The molecule has 1 aromatic heterocycles. The Morgan fingerprint density at radius 2 is 2.09 bits per heavy atom. The molecule has 2 atom stereocenters. The first-order valence-electron chi connectivity index (χ1n) is 7.24. The number of urea groups is 1. The highest BCUT2D eigenvalue weighted by Gasteiger charge is 2.45. The first-order valence-corrected chi connectivity index (χ1v) is 7.67. The Morgan fingerprint density at radius 3 is 2.59 bits per heavy atom. The van der Waals surface area contributed by atoms with Gasteiger partial charge in [0.05, 0.1) is 6.04 Å². The van der Waals surface area contributed by atoms with Crippen molar-refractivity contribution in [2.45, 2.75) is 44.1 Å². The van der Waals surface area contributed by atoms with Crippen molar-refractivity contribution in [2.24, 2.45) is 0 Å². The Bertz CT molecular complexity index is 576. The van der Waals surface area contributed by atoms with Gasteiger partial charge in [-0.05, 0) is 6.42 Å². The van der Waals surface area contributed by atoms with Crippen molar-refractivity contribution < 1.29 is 9.32 Å². The molecule has 0 N–H and O–H groups in total. The number of hydrogen-bond donors (Lipinski definition) is 0. The maximum absolute atomic E-state index is 12.7. The fourth-order valence-electron chi connectivity index (χ4n) is 2.43. The van der Waals surface area contributed by atoms with Crippen molar-refractivity contribution in [3.63, 3.8) is 0 Å². The van der Waals surface area contributed by atoms with E-state index in [1.54, 1.807) is 23.1 Å². The molecular formula is C16H22ClN3O2. The average molecular weight is 324 g/mol. The minimum atomic E-state index is -0.525. The molecule has 0 aliphatic carbocycles. The maximum Gasteiger partial charge on any atom is 0.327 e. The third-order valence-electron chi connectivity index (χ3n) is 3.63. The molecule has 1 fully saturated rings. The van der Waals surface area contributed by atoms with Crippen LogP contribution >= 0.6 is 11.6 Å². The molecule has 1 aliphatic rings. The summed E-state index contributed by atoms with van der Waals surface area (Å²) in [5.41, 5.74) is -0.708. The van der Waals surface area contributed by atoms with Crippen LogP contribution in [-0.2, 0) is 5.41 Å². The molecule has 0 spiro atoms. The fourth-order valence-corrected chi connectivity index (χ4v) is 2.85. The Balaban J connectivity index is 2.34. The third-order valence-corrected chi connectivity index (χ3v) is 4.12. The van der Waals surface area contributed by atoms with E-state index in [-0.39, 0.29) is 17.5 Å². The van der Waals surface area contributed by atoms with Gasteiger partial charge >= 0.3 is 6.03 Å². The Kier molecular flexibility index (Phi) is 4.66. The van der Waals surface area contributed by atoms with Crippen LogP contribution < -0.4 is 4.90 Å². The summed E-state index contributed by atoms with van der Waals surface area (Å²) >= 11 is 6.51. The van der Waals surface area contributed by atoms with Crippen LogP contribution in [0, 0.1) is 0 Å². The highest BCUT2D eigenvalue weighted by molar-refractivity contribution is 6.26. The molecule has 0 aromatic carbocycles. The molecule has 5 nitrogen and oxygen atoms in total. The molecule has 2 rings (SSSR count). The molecule has 2 unspecified atom stereocenters. The second kappa shape index (κ2) is 6.16. The summed E-state index contributed by atoms with van der Waals surface area (Å²) in [6, 6.07) is 1.41. The number of halogens is 1. The van der Waals surface area contributed by atoms with Crippen LogP contribution in [0.1, 0.15) is 33.0 Å². The largest absolute Gasteiger partial charge is 0.359 e. The molecule has 1 saturated heterocycles. The lowest BCUT2D eigenvalue weighted by atomic mass is 9.93. The molecule has 2 heterocycles. The zero-order valence-electron chi connectivity index (χ0n) is 13.3. The lowest BCUT2D eigenvalue weighted by Crippen LogP contribution is -2.35. The normalized spacial score (nSPS) is 22.3. The molecule has 22 heavy (non-hydrogen) atoms. The smallest absolute Gasteiger partial charge is 0.327 e. The van der Waals surface area contributed by atoms with Gasteiger partial charge in [0.2, 0.25) is 0 Å². The summed E-state index contributed by atoms with van der Waals surface area (Å²) in [5.74, 6) is 1.15. The van der Waals surface area contributed by atoms with Crippen molar-refractivity contribution in [3.8, 4) is 0 Å². The SMILES string of the molecule is C=CCC1C(Cl)N(c2cc(C(C)(C)C)on2)C(=O)N1CC=C. The summed E-state index contributed by atoms with van der Waals surface area (Å²) in [7, 11) is 0. The van der Waals surface area contributed by atoms with Gasteiger partial charge in [0.1, 0.15) is 11.3 Å². The van der Waals surface area contributed by atoms with Gasteiger partial charge in [-0.2, -0.15) is 0 Å². The van der Waals surface area contributed by atoms with Crippen LogP contribution in [0.4, 0.5) is 10.6 Å². The lowest BCUT2D eigenvalue weighted by molar-refractivity contribution is 0.212. The summed E-state index contributed by atoms with van der Waals surface area (Å²) in [5, 5.41) is 4.02. The van der Waals surface area contributed by atoms with E-state index < -0.39 is 5.50 Å². The minimum Gasteiger partial charge on any atom is -0.359 e. The van der Waals surface area contributed by atoms with Gasteiger partial charge in [-0.25, -0.2) is 4.79 Å². The third kappa shape index (κ3) is 2.90. The van der Waals surface area contributed by atoms with Crippen LogP contribution in [-0.4, -0.2) is 34.2 Å². The monoisotopic (exact) mass is 323 g/mol. The number of alkyl halides is 1. The minimum absolute atomic E-state index is 0.167. The fraction of sp³-hybridized carbons (Fsp3) is 0.500. The second-order valence-electron chi connectivity index (χ2n) is 6.36. The van der Waals surface area contributed by atoms with Crippen molar-refractivity contribution in [1.29, 1.82) is 0 Å². The van der Waals surface area contributed by atoms with E-state index in [1.807, 2.05) is 20.8 Å². The van der Waals surface area contributed by atoms with E-state index in [0.717, 1.165) is 0 Å². The molecule has 120 valence electrons. The predicted octanol–water partition coefficient (Wildman–Crippen LogP) is 3.91. The number of aromatic nitrogens is 1. The first kappa shape index (κ1) is 16.6. The molecule has 1 aliphatic heterocycles. The van der Waals surface area contributed by atoms with Crippen molar-refractivity contribution >= 4 is 23.4 Å². The molecule has 2 amide bonds. The molecule has 0 saturated carbocycles. The van der Waals surface area contributed by atoms with E-state index in [0.29, 0.717) is 24.5 Å². The lowest BCUT2D eigenvalue weighted by Gasteiger charge is -2.21. The number of carbonyl (C=O) groups is 1. The molecule has 1 aromatic rings. The zero-order valence-corrected chi connectivity index (χ0v) is 14.0. The summed E-state index contributed by atoms with van der Waals surface area (Å²) in [4.78, 5) is 15.8. The molecule has 6 heteroatoms. The number of carbonyl (C=O) groups excluding carboxylic acids is 1. The number of rotatable bonds is 5. The van der Waals surface area contributed by atoms with Crippen molar-refractivity contribution in [3.05, 3.63) is 37.1 Å². The van der Waals surface area contributed by atoms with Gasteiger partial charge in [-0.1, -0.05) is 49.7 Å². The van der Waals surface area contributed by atoms with Gasteiger partial charge in [0.15, 0.2) is 5.82 Å². The Hall–Kier alpha value is -1.75. The summed E-state index contributed by atoms with van der Waals surface area (Å²) in [6.07, 6.45) is 4.05. The zero-order chi connectivity index (χ0) is 16.5. The summed E-state index contributed by atoms with van der Waals surface area (Å²) < 4.78 is 5.37. The topological polar surface area (TPSA) is 49.6 Å². The van der Waals surface area contributed by atoms with Gasteiger partial charge in [-0.15, -0.1) is 13.2 Å². The van der Waals surface area contributed by atoms with E-state index in [4.69, 9.17) is 16.1 Å². The average Bonchev–Trinajstić information content (AvgIpc) is 2.98. The van der Waals surface area contributed by atoms with Gasteiger partial charge in [0.25, 0.3) is 0 Å². The van der Waals surface area contributed by atoms with Crippen molar-refractivity contribution in [2.75, 3.05) is 11.4 Å². The summed E-state index contributed by atoms with van der Waals surface area (Å²) in [6.45, 7) is 13.9. The van der Waals surface area contributed by atoms with Crippen LogP contribution in [0.15, 0.2) is 35.9 Å². The highest BCUT2D eigenvalue weighted by atomic mass is 35.5. The van der Waals surface area contributed by atoms with Crippen LogP contribution in [0.5, 0.6) is 0 Å². The van der Waals surface area contributed by atoms with Gasteiger partial charge in [-0.3, -0.25) is 4.90 Å². The number of hydrogen-bond acceptors (Lipinski definition) is 3. The standard InChI is InChI=1S/C16H22ClN3O2/c1-6-8-11-14(17)20(15(21)19(11)9-7-2)13-10-12(22-18-13)16(3,4)5/h6-7,10-11,14H,1-2,8-9H2,3-5H3. The van der Waals surface area contributed by atoms with Gasteiger partial charge in [0, 0.05) is 18.0 Å². The quantitative estimate of drug-likeness (QED) is 0.469. The highest BCUT2D eigenvalue weighted by Crippen LogP contribution is 2.34. The van der Waals surface area contributed by atoms with Gasteiger partial charge < -0.3 is 9.42 Å². The molecule has 0 radical (unpaired) electrons. The maximum atomic E-state index is 12.7. The molecule has 0 bridgehead atoms. The first-order chi connectivity index (χ1) is 10.3. The predicted molar refractivity (Wildman–Crippen MR) is 88.2 cm³/mol. The van der Waals surface area contributed by atoms with Crippen LogP contribution in [0.25, 0.3) is 0 Å². The molecular weight excluding hydrogens is 302 g/mol. The Labute approximate surface area is 136 Å². The number of nitrogens with zero attached hydrogens (tertiary/aromatic N) is 3. The van der Waals surface area contributed by atoms with E-state index in [1.165, 1.54) is 4.90 Å². The van der Waals surface area contributed by atoms with E-state index in [2.05, 4.69) is 18.3 Å². The number of amides is 2.